The summed E-state index contributed by atoms with van der Waals surface area (Å²) in [5.41, 5.74) is 7.05. The Balaban J connectivity index is 1.96. The maximum atomic E-state index is 10.9. The second-order valence-electron chi connectivity index (χ2n) is 7.11. The summed E-state index contributed by atoms with van der Waals surface area (Å²) >= 11 is 7.85. The predicted octanol–water partition coefficient (Wildman–Crippen LogP) is 5.28. The van der Waals surface area contributed by atoms with Gasteiger partial charge in [0, 0.05) is 22.5 Å². The standard InChI is InChI=1S/C22H25ClN4O2S/c1-15(2)20-21(30-18-9-5-7-16(23)13-18)27(14-17-8-3-4-11-25-17)19(26-20)10-6-12-29-22(24)28/h3-5,7-9,11,13,15H,6,10,12,14H2,1-2H3,(H2,24,28). The molecule has 3 aromatic rings. The van der Waals surface area contributed by atoms with Crippen molar-refractivity contribution in [2.24, 2.45) is 5.73 Å². The van der Waals surface area contributed by atoms with E-state index in [2.05, 4.69) is 23.4 Å². The third-order valence-electron chi connectivity index (χ3n) is 4.42. The number of aryl methyl sites for hydroxylation is 1. The molecule has 0 spiro atoms. The highest BCUT2D eigenvalue weighted by atomic mass is 35.5. The van der Waals surface area contributed by atoms with Crippen molar-refractivity contribution in [2.75, 3.05) is 6.61 Å². The highest BCUT2D eigenvalue weighted by molar-refractivity contribution is 7.99. The monoisotopic (exact) mass is 444 g/mol. The number of nitrogens with two attached hydrogens (primary N) is 1. The molecule has 1 aromatic carbocycles. The maximum absolute atomic E-state index is 10.9. The molecule has 0 atom stereocenters. The number of carbonyl (C=O) groups excluding carboxylic acids is 1. The van der Waals surface area contributed by atoms with Gasteiger partial charge in [0.15, 0.2) is 0 Å². The van der Waals surface area contributed by atoms with Gasteiger partial charge in [0.05, 0.1) is 24.5 Å². The first-order valence-electron chi connectivity index (χ1n) is 9.79. The number of benzene rings is 1. The van der Waals surface area contributed by atoms with E-state index >= 15 is 0 Å². The number of halogens is 1. The van der Waals surface area contributed by atoms with Crippen LogP contribution in [0.4, 0.5) is 4.79 Å². The molecular formula is C22H25ClN4O2S. The number of hydrogen-bond donors (Lipinski definition) is 1. The molecular weight excluding hydrogens is 420 g/mol. The molecule has 6 nitrogen and oxygen atoms in total. The van der Waals surface area contributed by atoms with Crippen LogP contribution in [0.2, 0.25) is 5.02 Å². The summed E-state index contributed by atoms with van der Waals surface area (Å²) in [6.45, 7) is 5.14. The molecule has 0 bridgehead atoms. The molecule has 0 aliphatic rings. The average Bonchev–Trinajstić information content (AvgIpc) is 3.03. The molecule has 0 aliphatic carbocycles. The van der Waals surface area contributed by atoms with E-state index in [-0.39, 0.29) is 12.5 Å². The number of imidazole rings is 1. The van der Waals surface area contributed by atoms with Crippen molar-refractivity contribution >= 4 is 29.5 Å². The second kappa shape index (κ2) is 10.5. The number of aromatic nitrogens is 3. The van der Waals surface area contributed by atoms with E-state index in [1.54, 1.807) is 18.0 Å². The number of primary amides is 1. The number of rotatable bonds is 9. The van der Waals surface area contributed by atoms with E-state index in [1.807, 2.05) is 42.5 Å². The molecule has 2 aromatic heterocycles. The van der Waals surface area contributed by atoms with Crippen LogP contribution < -0.4 is 5.73 Å². The molecule has 30 heavy (non-hydrogen) atoms. The Morgan fingerprint density at radius 2 is 2.10 bits per heavy atom. The van der Waals surface area contributed by atoms with Crippen LogP contribution in [-0.2, 0) is 17.7 Å². The molecule has 158 valence electrons. The zero-order valence-electron chi connectivity index (χ0n) is 17.0. The predicted molar refractivity (Wildman–Crippen MR) is 119 cm³/mol. The Hall–Kier alpha value is -2.51. The lowest BCUT2D eigenvalue weighted by molar-refractivity contribution is 0.155. The summed E-state index contributed by atoms with van der Waals surface area (Å²) in [6, 6.07) is 13.7. The lowest BCUT2D eigenvalue weighted by atomic mass is 10.1. The molecule has 8 heteroatoms. The molecule has 2 heterocycles. The van der Waals surface area contributed by atoms with E-state index in [0.29, 0.717) is 24.4 Å². The zero-order chi connectivity index (χ0) is 21.5. The van der Waals surface area contributed by atoms with Gasteiger partial charge in [-0.3, -0.25) is 4.98 Å². The van der Waals surface area contributed by atoms with Gasteiger partial charge in [-0.25, -0.2) is 9.78 Å². The number of pyridine rings is 1. The number of hydrogen-bond acceptors (Lipinski definition) is 5. The van der Waals surface area contributed by atoms with Crippen LogP contribution in [0.1, 0.15) is 43.4 Å². The first-order chi connectivity index (χ1) is 14.4. The summed E-state index contributed by atoms with van der Waals surface area (Å²) in [4.78, 5) is 21.3. The molecule has 0 unspecified atom stereocenters. The van der Waals surface area contributed by atoms with Crippen molar-refractivity contribution in [1.82, 2.24) is 14.5 Å². The molecule has 0 radical (unpaired) electrons. The van der Waals surface area contributed by atoms with Crippen molar-refractivity contribution < 1.29 is 9.53 Å². The first kappa shape index (κ1) is 22.2. The molecule has 0 fully saturated rings. The van der Waals surface area contributed by atoms with E-state index < -0.39 is 6.09 Å². The second-order valence-corrected chi connectivity index (χ2v) is 8.61. The van der Waals surface area contributed by atoms with E-state index in [0.717, 1.165) is 27.1 Å². The van der Waals surface area contributed by atoms with Crippen molar-refractivity contribution in [2.45, 2.75) is 49.1 Å². The van der Waals surface area contributed by atoms with Crippen molar-refractivity contribution in [3.8, 4) is 0 Å². The number of carbonyl (C=O) groups is 1. The van der Waals surface area contributed by atoms with Gasteiger partial charge >= 0.3 is 6.09 Å². The molecule has 0 saturated carbocycles. The van der Waals surface area contributed by atoms with Crippen molar-refractivity contribution in [3.05, 3.63) is 70.9 Å². The first-order valence-corrected chi connectivity index (χ1v) is 11.0. The van der Waals surface area contributed by atoms with E-state index in [4.69, 9.17) is 27.1 Å². The third-order valence-corrected chi connectivity index (χ3v) is 5.77. The fraction of sp³-hybridized carbons (Fsp3) is 0.318. The number of nitrogens with zero attached hydrogens (tertiary/aromatic N) is 3. The maximum Gasteiger partial charge on any atom is 0.404 e. The molecule has 0 aliphatic heterocycles. The van der Waals surface area contributed by atoms with Crippen LogP contribution in [0.25, 0.3) is 0 Å². The highest BCUT2D eigenvalue weighted by Gasteiger charge is 2.21. The van der Waals surface area contributed by atoms with Crippen LogP contribution >= 0.6 is 23.4 Å². The molecule has 2 N–H and O–H groups in total. The fourth-order valence-electron chi connectivity index (χ4n) is 3.04. The molecule has 0 saturated heterocycles. The summed E-state index contributed by atoms with van der Waals surface area (Å²) < 4.78 is 7.09. The van der Waals surface area contributed by atoms with Crippen LogP contribution in [0.5, 0.6) is 0 Å². The molecule has 1 amide bonds. The largest absolute Gasteiger partial charge is 0.450 e. The summed E-state index contributed by atoms with van der Waals surface area (Å²) in [6.07, 6.45) is 2.34. The Labute approximate surface area is 185 Å². The Kier molecular flexibility index (Phi) is 7.76. The highest BCUT2D eigenvalue weighted by Crippen LogP contribution is 2.36. The quantitative estimate of drug-likeness (QED) is 0.454. The topological polar surface area (TPSA) is 83.0 Å². The zero-order valence-corrected chi connectivity index (χ0v) is 18.6. The van der Waals surface area contributed by atoms with Crippen LogP contribution in [-0.4, -0.2) is 27.2 Å². The molecule has 3 rings (SSSR count). The van der Waals surface area contributed by atoms with Gasteiger partial charge in [0.2, 0.25) is 0 Å². The van der Waals surface area contributed by atoms with Gasteiger partial charge in [0.1, 0.15) is 10.9 Å². The minimum absolute atomic E-state index is 0.247. The smallest absolute Gasteiger partial charge is 0.404 e. The number of amides is 1. The summed E-state index contributed by atoms with van der Waals surface area (Å²) in [5.74, 6) is 1.18. The minimum Gasteiger partial charge on any atom is -0.450 e. The lowest BCUT2D eigenvalue weighted by Crippen LogP contribution is -2.15. The average molecular weight is 445 g/mol. The third kappa shape index (κ3) is 6.00. The number of ether oxygens (including phenoxy) is 1. The SMILES string of the molecule is CC(C)c1nc(CCCOC(N)=O)n(Cc2ccccn2)c1Sc1cccc(Cl)c1. The van der Waals surface area contributed by atoms with Gasteiger partial charge < -0.3 is 15.0 Å². The van der Waals surface area contributed by atoms with Gasteiger partial charge in [-0.2, -0.15) is 0 Å². The van der Waals surface area contributed by atoms with Gasteiger partial charge in [0.25, 0.3) is 0 Å². The Bertz CT molecular complexity index is 992. The van der Waals surface area contributed by atoms with Gasteiger partial charge in [-0.05, 0) is 42.7 Å². The van der Waals surface area contributed by atoms with Crippen LogP contribution in [0, 0.1) is 0 Å². The van der Waals surface area contributed by atoms with Gasteiger partial charge in [-0.1, -0.05) is 49.3 Å². The van der Waals surface area contributed by atoms with Crippen LogP contribution in [0.15, 0.2) is 58.6 Å². The van der Waals surface area contributed by atoms with Crippen molar-refractivity contribution in [1.29, 1.82) is 0 Å². The van der Waals surface area contributed by atoms with E-state index in [9.17, 15) is 4.79 Å². The Morgan fingerprint density at radius 1 is 1.27 bits per heavy atom. The Morgan fingerprint density at radius 3 is 2.77 bits per heavy atom. The summed E-state index contributed by atoms with van der Waals surface area (Å²) in [7, 11) is 0. The normalized spacial score (nSPS) is 11.1. The lowest BCUT2D eigenvalue weighted by Gasteiger charge is -2.13. The van der Waals surface area contributed by atoms with E-state index in [1.165, 1.54) is 0 Å². The van der Waals surface area contributed by atoms with Crippen LogP contribution in [0.3, 0.4) is 0 Å². The fourth-order valence-corrected chi connectivity index (χ4v) is 4.52. The van der Waals surface area contributed by atoms with Crippen molar-refractivity contribution in [3.63, 3.8) is 0 Å². The van der Waals surface area contributed by atoms with Gasteiger partial charge in [-0.15, -0.1) is 0 Å². The minimum atomic E-state index is -0.758. The summed E-state index contributed by atoms with van der Waals surface area (Å²) in [5, 5.41) is 1.77.